The fraction of sp³-hybridized carbons (Fsp3) is 0.250. The molecule has 174 valence electrons. The molecule has 6 nitrogen and oxygen atoms in total. The van der Waals surface area contributed by atoms with Crippen molar-refractivity contribution in [3.63, 3.8) is 0 Å². The van der Waals surface area contributed by atoms with Gasteiger partial charge in [-0.3, -0.25) is 14.6 Å². The van der Waals surface area contributed by atoms with Crippen LogP contribution >= 0.6 is 0 Å². The SMILES string of the molecule is CCCCOc1ccc(C(O)=C2C(=O)C(=O)N(Cc3cccnc3)[C@H]2c2ccccc2)c(C)c1. The third-order valence-electron chi connectivity index (χ3n) is 5.95. The average molecular weight is 457 g/mol. The van der Waals surface area contributed by atoms with Crippen LogP contribution in [-0.2, 0) is 16.1 Å². The number of ketones is 1. The Balaban J connectivity index is 1.76. The fourth-order valence-corrected chi connectivity index (χ4v) is 4.18. The summed E-state index contributed by atoms with van der Waals surface area (Å²) in [5.74, 6) is -0.813. The zero-order valence-electron chi connectivity index (χ0n) is 19.4. The van der Waals surface area contributed by atoms with E-state index in [0.717, 1.165) is 29.5 Å². The Morgan fingerprint density at radius 1 is 1.09 bits per heavy atom. The first-order valence-electron chi connectivity index (χ1n) is 11.5. The van der Waals surface area contributed by atoms with Crippen LogP contribution < -0.4 is 4.74 Å². The van der Waals surface area contributed by atoms with Crippen LogP contribution in [0.4, 0.5) is 0 Å². The second kappa shape index (κ2) is 10.3. The molecule has 1 aliphatic rings. The number of aryl methyl sites for hydroxylation is 1. The Bertz CT molecular complexity index is 1210. The predicted molar refractivity (Wildman–Crippen MR) is 130 cm³/mol. The highest BCUT2D eigenvalue weighted by Crippen LogP contribution is 2.40. The van der Waals surface area contributed by atoms with Gasteiger partial charge in [-0.25, -0.2) is 0 Å². The van der Waals surface area contributed by atoms with Gasteiger partial charge in [0.1, 0.15) is 11.5 Å². The number of hydrogen-bond acceptors (Lipinski definition) is 5. The van der Waals surface area contributed by atoms with Crippen molar-refractivity contribution in [2.75, 3.05) is 6.61 Å². The summed E-state index contributed by atoms with van der Waals surface area (Å²) in [6, 6.07) is 17.6. The lowest BCUT2D eigenvalue weighted by molar-refractivity contribution is -0.140. The maximum atomic E-state index is 13.2. The van der Waals surface area contributed by atoms with E-state index in [-0.39, 0.29) is 17.9 Å². The predicted octanol–water partition coefficient (Wildman–Crippen LogP) is 5.19. The summed E-state index contributed by atoms with van der Waals surface area (Å²) in [5.41, 5.74) is 2.90. The zero-order chi connectivity index (χ0) is 24.1. The first-order chi connectivity index (χ1) is 16.5. The number of unbranched alkanes of at least 4 members (excludes halogenated alkanes) is 1. The molecule has 2 heterocycles. The van der Waals surface area contributed by atoms with Gasteiger partial charge in [-0.05, 0) is 54.3 Å². The van der Waals surface area contributed by atoms with E-state index in [2.05, 4.69) is 11.9 Å². The topological polar surface area (TPSA) is 79.7 Å². The summed E-state index contributed by atoms with van der Waals surface area (Å²) in [6.07, 6.45) is 5.32. The van der Waals surface area contributed by atoms with Gasteiger partial charge in [-0.1, -0.05) is 49.7 Å². The number of Topliss-reactive ketones (excluding diaryl/α,β-unsaturated/α-hetero) is 1. The van der Waals surface area contributed by atoms with Crippen molar-refractivity contribution >= 4 is 17.4 Å². The summed E-state index contributed by atoms with van der Waals surface area (Å²) < 4.78 is 5.77. The Hall–Kier alpha value is -3.93. The first kappa shape index (κ1) is 23.2. The van der Waals surface area contributed by atoms with Crippen molar-refractivity contribution in [2.24, 2.45) is 0 Å². The molecule has 0 radical (unpaired) electrons. The van der Waals surface area contributed by atoms with E-state index in [4.69, 9.17) is 4.74 Å². The number of pyridine rings is 1. The molecule has 0 aliphatic carbocycles. The van der Waals surface area contributed by atoms with Crippen LogP contribution in [0, 0.1) is 6.92 Å². The largest absolute Gasteiger partial charge is 0.507 e. The molecule has 3 aromatic rings. The number of aromatic nitrogens is 1. The van der Waals surface area contributed by atoms with Crippen LogP contribution in [0.5, 0.6) is 5.75 Å². The van der Waals surface area contributed by atoms with Crippen molar-refractivity contribution in [2.45, 2.75) is 39.3 Å². The van der Waals surface area contributed by atoms with Gasteiger partial charge in [0.15, 0.2) is 0 Å². The van der Waals surface area contributed by atoms with Gasteiger partial charge in [0, 0.05) is 24.5 Å². The number of carbonyl (C=O) groups is 2. The summed E-state index contributed by atoms with van der Waals surface area (Å²) >= 11 is 0. The smallest absolute Gasteiger partial charge is 0.295 e. The van der Waals surface area contributed by atoms with Gasteiger partial charge < -0.3 is 14.7 Å². The molecule has 1 N–H and O–H groups in total. The van der Waals surface area contributed by atoms with Gasteiger partial charge >= 0.3 is 0 Å². The Morgan fingerprint density at radius 2 is 1.88 bits per heavy atom. The molecule has 1 aromatic heterocycles. The monoisotopic (exact) mass is 456 g/mol. The molecule has 0 bridgehead atoms. The van der Waals surface area contributed by atoms with Crippen molar-refractivity contribution < 1.29 is 19.4 Å². The Morgan fingerprint density at radius 3 is 2.56 bits per heavy atom. The van der Waals surface area contributed by atoms with E-state index in [0.29, 0.717) is 17.9 Å². The third-order valence-corrected chi connectivity index (χ3v) is 5.95. The molecule has 0 saturated carbocycles. The van der Waals surface area contributed by atoms with Crippen LogP contribution in [0.3, 0.4) is 0 Å². The third kappa shape index (κ3) is 4.71. The van der Waals surface area contributed by atoms with Gasteiger partial charge in [-0.2, -0.15) is 0 Å². The number of aliphatic hydroxyl groups is 1. The molecule has 0 spiro atoms. The Labute approximate surface area is 199 Å². The number of nitrogens with zero attached hydrogens (tertiary/aromatic N) is 2. The first-order valence-corrected chi connectivity index (χ1v) is 11.5. The highest BCUT2D eigenvalue weighted by atomic mass is 16.5. The number of benzene rings is 2. The lowest BCUT2D eigenvalue weighted by Crippen LogP contribution is -2.29. The second-order valence-electron chi connectivity index (χ2n) is 8.38. The van der Waals surface area contributed by atoms with Crippen molar-refractivity contribution in [3.05, 3.63) is 101 Å². The molecule has 2 aromatic carbocycles. The van der Waals surface area contributed by atoms with E-state index >= 15 is 0 Å². The van der Waals surface area contributed by atoms with Gasteiger partial charge in [0.25, 0.3) is 11.7 Å². The molecule has 1 aliphatic heterocycles. The highest BCUT2D eigenvalue weighted by molar-refractivity contribution is 6.46. The number of rotatable bonds is 8. The molecule has 6 heteroatoms. The van der Waals surface area contributed by atoms with Crippen LogP contribution in [0.25, 0.3) is 5.76 Å². The summed E-state index contributed by atoms with van der Waals surface area (Å²) in [6.45, 7) is 4.78. The standard InChI is InChI=1S/C28H28N2O4/c1-3-4-15-34-22-12-13-23(19(2)16-22)26(31)24-25(21-10-6-5-7-11-21)30(28(33)27(24)32)18-20-9-8-14-29-17-20/h5-14,16-17,25,31H,3-4,15,18H2,1-2H3/t25-/m0/s1. The van der Waals surface area contributed by atoms with E-state index in [1.807, 2.05) is 49.4 Å². The molecular formula is C28H28N2O4. The van der Waals surface area contributed by atoms with E-state index in [1.54, 1.807) is 30.6 Å². The van der Waals surface area contributed by atoms with Crippen molar-refractivity contribution in [3.8, 4) is 5.75 Å². The maximum Gasteiger partial charge on any atom is 0.295 e. The lowest BCUT2D eigenvalue weighted by atomic mass is 9.94. The van der Waals surface area contributed by atoms with Gasteiger partial charge in [0.05, 0.1) is 18.2 Å². The molecule has 1 fully saturated rings. The summed E-state index contributed by atoms with van der Waals surface area (Å²) in [5, 5.41) is 11.3. The Kier molecular flexibility index (Phi) is 7.07. The average Bonchev–Trinajstić information content (AvgIpc) is 3.10. The highest BCUT2D eigenvalue weighted by Gasteiger charge is 2.46. The maximum absolute atomic E-state index is 13.2. The van der Waals surface area contributed by atoms with Crippen LogP contribution in [0.1, 0.15) is 48.1 Å². The quantitative estimate of drug-likeness (QED) is 0.218. The van der Waals surface area contributed by atoms with E-state index in [9.17, 15) is 14.7 Å². The van der Waals surface area contributed by atoms with Crippen molar-refractivity contribution in [1.29, 1.82) is 0 Å². The molecule has 34 heavy (non-hydrogen) atoms. The van der Waals surface area contributed by atoms with Crippen LogP contribution in [0.15, 0.2) is 78.6 Å². The fourth-order valence-electron chi connectivity index (χ4n) is 4.18. The van der Waals surface area contributed by atoms with Crippen molar-refractivity contribution in [1.82, 2.24) is 9.88 Å². The van der Waals surface area contributed by atoms with Crippen LogP contribution in [-0.4, -0.2) is 33.3 Å². The van der Waals surface area contributed by atoms with E-state index in [1.165, 1.54) is 4.90 Å². The number of ether oxygens (including phenoxy) is 1. The number of likely N-dealkylation sites (tertiary alicyclic amines) is 1. The van der Waals surface area contributed by atoms with E-state index < -0.39 is 17.7 Å². The minimum atomic E-state index is -0.707. The zero-order valence-corrected chi connectivity index (χ0v) is 19.4. The molecule has 1 atom stereocenters. The summed E-state index contributed by atoms with van der Waals surface area (Å²) in [4.78, 5) is 31.9. The second-order valence-corrected chi connectivity index (χ2v) is 8.38. The van der Waals surface area contributed by atoms with Gasteiger partial charge in [-0.15, -0.1) is 0 Å². The molecular weight excluding hydrogens is 428 g/mol. The normalized spacial score (nSPS) is 17.2. The number of amides is 1. The molecule has 4 rings (SSSR count). The van der Waals surface area contributed by atoms with Crippen LogP contribution in [0.2, 0.25) is 0 Å². The van der Waals surface area contributed by atoms with Gasteiger partial charge in [0.2, 0.25) is 0 Å². The lowest BCUT2D eigenvalue weighted by Gasteiger charge is -2.25. The number of aliphatic hydroxyl groups excluding tert-OH is 1. The molecule has 1 saturated heterocycles. The number of carbonyl (C=O) groups excluding carboxylic acids is 2. The molecule has 1 amide bonds. The minimum Gasteiger partial charge on any atom is -0.507 e. The minimum absolute atomic E-state index is 0.0860. The summed E-state index contributed by atoms with van der Waals surface area (Å²) in [7, 11) is 0. The molecule has 0 unspecified atom stereocenters. The number of hydrogen-bond donors (Lipinski definition) is 1.